The molecule has 5 heteroatoms. The van der Waals surface area contributed by atoms with Crippen molar-refractivity contribution in [3.8, 4) is 0 Å². The summed E-state index contributed by atoms with van der Waals surface area (Å²) in [5.74, 6) is -0.223. The second-order valence-electron chi connectivity index (χ2n) is 5.20. The van der Waals surface area contributed by atoms with Crippen LogP contribution in [0.3, 0.4) is 0 Å². The second-order valence-corrected chi connectivity index (χ2v) is 5.20. The smallest absolute Gasteiger partial charge is 0.267 e. The summed E-state index contributed by atoms with van der Waals surface area (Å²) in [6.45, 7) is 4.75. The molecule has 1 atom stereocenters. The first-order chi connectivity index (χ1) is 8.59. The molecule has 1 aliphatic heterocycles. The zero-order valence-corrected chi connectivity index (χ0v) is 10.6. The van der Waals surface area contributed by atoms with Crippen LogP contribution in [0.25, 0.3) is 0 Å². The van der Waals surface area contributed by atoms with Crippen LogP contribution in [0, 0.1) is 5.41 Å². The highest BCUT2D eigenvalue weighted by Gasteiger charge is 2.27. The average Bonchev–Trinajstić information content (AvgIpc) is 2.37. The van der Waals surface area contributed by atoms with Crippen LogP contribution < -0.4 is 16.2 Å². The predicted molar refractivity (Wildman–Crippen MR) is 69.6 cm³/mol. The normalized spacial score (nSPS) is 23.6. The third kappa shape index (κ3) is 3.20. The lowest BCUT2D eigenvalue weighted by atomic mass is 9.83. The Labute approximate surface area is 106 Å². The van der Waals surface area contributed by atoms with E-state index < -0.39 is 0 Å². The number of rotatable bonds is 3. The van der Waals surface area contributed by atoms with Crippen molar-refractivity contribution in [2.45, 2.75) is 19.8 Å². The molecule has 0 aromatic carbocycles. The molecule has 3 N–H and O–H groups in total. The molecule has 18 heavy (non-hydrogen) atoms. The lowest BCUT2D eigenvalue weighted by Crippen LogP contribution is -2.45. The Hall–Kier alpha value is -1.62. The molecular formula is C13H19N3O2. The molecule has 98 valence electrons. The Kier molecular flexibility index (Phi) is 3.81. The van der Waals surface area contributed by atoms with E-state index in [4.69, 9.17) is 0 Å². The van der Waals surface area contributed by atoms with Gasteiger partial charge in [0.15, 0.2) is 0 Å². The van der Waals surface area contributed by atoms with Crippen LogP contribution in [0.5, 0.6) is 0 Å². The number of pyridine rings is 1. The fourth-order valence-corrected chi connectivity index (χ4v) is 2.24. The molecule has 5 nitrogen and oxygen atoms in total. The first kappa shape index (κ1) is 12.8. The molecular weight excluding hydrogens is 230 g/mol. The SMILES string of the molecule is CC1(CNC(=O)c2cccc(=O)[nH]2)CCCNC1. The topological polar surface area (TPSA) is 74.0 Å². The van der Waals surface area contributed by atoms with Crippen LogP contribution in [0.1, 0.15) is 30.3 Å². The third-order valence-electron chi connectivity index (χ3n) is 3.37. The van der Waals surface area contributed by atoms with Gasteiger partial charge in [0.1, 0.15) is 5.69 Å². The summed E-state index contributed by atoms with van der Waals surface area (Å²) in [6, 6.07) is 4.58. The summed E-state index contributed by atoms with van der Waals surface area (Å²) in [5, 5.41) is 6.23. The summed E-state index contributed by atoms with van der Waals surface area (Å²) < 4.78 is 0. The average molecular weight is 249 g/mol. The summed E-state index contributed by atoms with van der Waals surface area (Å²) in [4.78, 5) is 25.5. The second kappa shape index (κ2) is 5.35. The van der Waals surface area contributed by atoms with E-state index in [-0.39, 0.29) is 16.9 Å². The number of carbonyl (C=O) groups is 1. The summed E-state index contributed by atoms with van der Waals surface area (Å²) in [7, 11) is 0. The fraction of sp³-hybridized carbons (Fsp3) is 0.538. The highest BCUT2D eigenvalue weighted by atomic mass is 16.2. The monoisotopic (exact) mass is 249 g/mol. The van der Waals surface area contributed by atoms with Crippen molar-refractivity contribution in [1.29, 1.82) is 0 Å². The molecule has 2 heterocycles. The number of piperidine rings is 1. The van der Waals surface area contributed by atoms with Crippen LogP contribution in [-0.2, 0) is 0 Å². The molecule has 1 unspecified atom stereocenters. The van der Waals surface area contributed by atoms with Gasteiger partial charge in [0, 0.05) is 19.2 Å². The zero-order chi connectivity index (χ0) is 13.0. The van der Waals surface area contributed by atoms with Gasteiger partial charge in [-0.1, -0.05) is 13.0 Å². The number of carbonyl (C=O) groups excluding carboxylic acids is 1. The molecule has 1 aromatic rings. The molecule has 2 rings (SSSR count). The maximum absolute atomic E-state index is 11.9. The Morgan fingerprint density at radius 1 is 1.50 bits per heavy atom. The van der Waals surface area contributed by atoms with Crippen LogP contribution >= 0.6 is 0 Å². The van der Waals surface area contributed by atoms with Crippen molar-refractivity contribution in [1.82, 2.24) is 15.6 Å². The Balaban J connectivity index is 1.94. The van der Waals surface area contributed by atoms with Gasteiger partial charge in [-0.2, -0.15) is 0 Å². The van der Waals surface area contributed by atoms with Gasteiger partial charge in [0.2, 0.25) is 5.56 Å². The minimum Gasteiger partial charge on any atom is -0.350 e. The highest BCUT2D eigenvalue weighted by molar-refractivity contribution is 5.92. The van der Waals surface area contributed by atoms with Crippen molar-refractivity contribution in [3.63, 3.8) is 0 Å². The van der Waals surface area contributed by atoms with Gasteiger partial charge in [-0.15, -0.1) is 0 Å². The Morgan fingerprint density at radius 2 is 2.33 bits per heavy atom. The predicted octanol–water partition coefficient (Wildman–Crippen LogP) is 0.494. The molecule has 0 radical (unpaired) electrons. The van der Waals surface area contributed by atoms with E-state index in [1.54, 1.807) is 12.1 Å². The number of amides is 1. The van der Waals surface area contributed by atoms with Crippen molar-refractivity contribution < 1.29 is 4.79 Å². The molecule has 0 spiro atoms. The van der Waals surface area contributed by atoms with Crippen LogP contribution in [-0.4, -0.2) is 30.5 Å². The molecule has 0 aliphatic carbocycles. The quantitative estimate of drug-likeness (QED) is 0.730. The maximum atomic E-state index is 11.9. The van der Waals surface area contributed by atoms with Gasteiger partial charge < -0.3 is 15.6 Å². The number of hydrogen-bond donors (Lipinski definition) is 3. The summed E-state index contributed by atoms with van der Waals surface area (Å²) in [6.07, 6.45) is 2.24. The van der Waals surface area contributed by atoms with Crippen LogP contribution in [0.15, 0.2) is 23.0 Å². The molecule has 0 saturated carbocycles. The largest absolute Gasteiger partial charge is 0.350 e. The molecule has 1 saturated heterocycles. The minimum absolute atomic E-state index is 0.100. The van der Waals surface area contributed by atoms with Gasteiger partial charge in [-0.25, -0.2) is 0 Å². The number of hydrogen-bond acceptors (Lipinski definition) is 3. The van der Waals surface area contributed by atoms with Crippen molar-refractivity contribution in [2.24, 2.45) is 5.41 Å². The van der Waals surface area contributed by atoms with E-state index in [0.29, 0.717) is 12.2 Å². The molecule has 0 bridgehead atoms. The van der Waals surface area contributed by atoms with Gasteiger partial charge in [-0.05, 0) is 30.9 Å². The van der Waals surface area contributed by atoms with Gasteiger partial charge >= 0.3 is 0 Å². The van der Waals surface area contributed by atoms with E-state index in [9.17, 15) is 9.59 Å². The Bertz CT molecular complexity index is 475. The van der Waals surface area contributed by atoms with Crippen molar-refractivity contribution >= 4 is 5.91 Å². The first-order valence-corrected chi connectivity index (χ1v) is 6.27. The van der Waals surface area contributed by atoms with Crippen molar-refractivity contribution in [2.75, 3.05) is 19.6 Å². The van der Waals surface area contributed by atoms with E-state index >= 15 is 0 Å². The third-order valence-corrected chi connectivity index (χ3v) is 3.37. The number of nitrogens with one attached hydrogen (secondary N) is 3. The highest BCUT2D eigenvalue weighted by Crippen LogP contribution is 2.24. The minimum atomic E-state index is -0.256. The Morgan fingerprint density at radius 3 is 3.00 bits per heavy atom. The fourth-order valence-electron chi connectivity index (χ4n) is 2.24. The number of H-pyrrole nitrogens is 1. The molecule has 1 amide bonds. The summed E-state index contributed by atoms with van der Waals surface area (Å²) >= 11 is 0. The maximum Gasteiger partial charge on any atom is 0.267 e. The number of aromatic nitrogens is 1. The lowest BCUT2D eigenvalue weighted by Gasteiger charge is -2.34. The summed E-state index contributed by atoms with van der Waals surface area (Å²) in [5.41, 5.74) is 0.159. The van der Waals surface area contributed by atoms with E-state index in [1.165, 1.54) is 6.07 Å². The molecule has 1 aliphatic rings. The zero-order valence-electron chi connectivity index (χ0n) is 10.6. The van der Waals surface area contributed by atoms with Crippen LogP contribution in [0.2, 0.25) is 0 Å². The van der Waals surface area contributed by atoms with Crippen molar-refractivity contribution in [3.05, 3.63) is 34.2 Å². The van der Waals surface area contributed by atoms with Crippen LogP contribution in [0.4, 0.5) is 0 Å². The van der Waals surface area contributed by atoms with Gasteiger partial charge in [0.05, 0.1) is 0 Å². The van der Waals surface area contributed by atoms with E-state index in [2.05, 4.69) is 22.5 Å². The van der Waals surface area contributed by atoms with E-state index in [0.717, 1.165) is 25.9 Å². The lowest BCUT2D eigenvalue weighted by molar-refractivity contribution is 0.0919. The van der Waals surface area contributed by atoms with Gasteiger partial charge in [0.25, 0.3) is 5.91 Å². The van der Waals surface area contributed by atoms with Gasteiger partial charge in [-0.3, -0.25) is 9.59 Å². The molecule has 1 aromatic heterocycles. The molecule has 1 fully saturated rings. The van der Waals surface area contributed by atoms with E-state index in [1.807, 2.05) is 0 Å². The number of aromatic amines is 1. The first-order valence-electron chi connectivity index (χ1n) is 6.27. The standard InChI is InChI=1S/C13H19N3O2/c1-13(6-3-7-14-8-13)9-15-12(18)10-4-2-5-11(17)16-10/h2,4-5,14H,3,6-9H2,1H3,(H,15,18)(H,16,17).